The number of hydrogen-bond donors (Lipinski definition) is 2. The second-order valence-electron chi connectivity index (χ2n) is 3.13. The van der Waals surface area contributed by atoms with Crippen molar-refractivity contribution in [2.24, 2.45) is 5.73 Å². The molecule has 0 saturated heterocycles. The van der Waals surface area contributed by atoms with Crippen LogP contribution in [-0.4, -0.2) is 16.9 Å². The van der Waals surface area contributed by atoms with Crippen LogP contribution in [0.25, 0.3) is 0 Å². The maximum absolute atomic E-state index is 11.3. The average Bonchev–Trinajstić information content (AvgIpc) is 2.28. The SMILES string of the molecule is N[C@H]1CCc2ncccc2NC1=O. The van der Waals surface area contributed by atoms with Crippen LogP contribution in [-0.2, 0) is 11.2 Å². The van der Waals surface area contributed by atoms with Crippen molar-refractivity contribution in [1.82, 2.24) is 4.98 Å². The molecule has 0 saturated carbocycles. The number of nitrogens with zero attached hydrogens (tertiary/aromatic N) is 1. The van der Waals surface area contributed by atoms with Gasteiger partial charge in [0.25, 0.3) is 0 Å². The Balaban J connectivity index is 2.35. The van der Waals surface area contributed by atoms with Gasteiger partial charge in [0.15, 0.2) is 0 Å². The number of rotatable bonds is 0. The first-order chi connectivity index (χ1) is 6.27. The molecule has 0 unspecified atom stereocenters. The Bertz CT molecular complexity index is 337. The Hall–Kier alpha value is -1.42. The van der Waals surface area contributed by atoms with E-state index in [-0.39, 0.29) is 5.91 Å². The van der Waals surface area contributed by atoms with Gasteiger partial charge in [-0.3, -0.25) is 9.78 Å². The molecule has 3 N–H and O–H groups in total. The molecular formula is C9H11N3O. The molecule has 4 heteroatoms. The van der Waals surface area contributed by atoms with Gasteiger partial charge < -0.3 is 11.1 Å². The lowest BCUT2D eigenvalue weighted by Gasteiger charge is -2.05. The van der Waals surface area contributed by atoms with Gasteiger partial charge in [-0.15, -0.1) is 0 Å². The zero-order chi connectivity index (χ0) is 9.26. The molecule has 68 valence electrons. The molecule has 0 fully saturated rings. The summed E-state index contributed by atoms with van der Waals surface area (Å²) in [5.74, 6) is -0.119. The number of nitrogens with one attached hydrogen (secondary N) is 1. The fourth-order valence-electron chi connectivity index (χ4n) is 1.40. The predicted octanol–water partition coefficient (Wildman–Crippen LogP) is 0.294. The number of aryl methyl sites for hydroxylation is 1. The van der Waals surface area contributed by atoms with Gasteiger partial charge in [0.05, 0.1) is 17.4 Å². The number of pyridine rings is 1. The molecule has 2 rings (SSSR count). The first-order valence-corrected chi connectivity index (χ1v) is 4.28. The van der Waals surface area contributed by atoms with Crippen LogP contribution in [0, 0.1) is 0 Å². The lowest BCUT2D eigenvalue weighted by molar-refractivity contribution is -0.117. The van der Waals surface area contributed by atoms with E-state index in [0.717, 1.165) is 17.8 Å². The minimum absolute atomic E-state index is 0.119. The van der Waals surface area contributed by atoms with E-state index in [0.29, 0.717) is 6.42 Å². The lowest BCUT2D eigenvalue weighted by Crippen LogP contribution is -2.34. The summed E-state index contributed by atoms with van der Waals surface area (Å²) in [7, 11) is 0. The van der Waals surface area contributed by atoms with Crippen molar-refractivity contribution in [1.29, 1.82) is 0 Å². The largest absolute Gasteiger partial charge is 0.323 e. The second-order valence-corrected chi connectivity index (χ2v) is 3.13. The Morgan fingerprint density at radius 3 is 3.31 bits per heavy atom. The molecule has 1 aliphatic rings. The molecule has 1 aromatic heterocycles. The summed E-state index contributed by atoms with van der Waals surface area (Å²) in [4.78, 5) is 15.5. The van der Waals surface area contributed by atoms with Crippen LogP contribution in [0.3, 0.4) is 0 Å². The molecule has 0 bridgehead atoms. The van der Waals surface area contributed by atoms with Crippen molar-refractivity contribution in [3.63, 3.8) is 0 Å². The smallest absolute Gasteiger partial charge is 0.241 e. The van der Waals surface area contributed by atoms with Crippen LogP contribution >= 0.6 is 0 Å². The average molecular weight is 177 g/mol. The van der Waals surface area contributed by atoms with E-state index in [9.17, 15) is 4.79 Å². The lowest BCUT2D eigenvalue weighted by atomic mass is 10.1. The van der Waals surface area contributed by atoms with Crippen molar-refractivity contribution in [2.45, 2.75) is 18.9 Å². The van der Waals surface area contributed by atoms with Crippen LogP contribution in [0.4, 0.5) is 5.69 Å². The summed E-state index contributed by atoms with van der Waals surface area (Å²) in [5.41, 5.74) is 7.33. The fraction of sp³-hybridized carbons (Fsp3) is 0.333. The summed E-state index contributed by atoms with van der Waals surface area (Å²) < 4.78 is 0. The minimum atomic E-state index is -0.408. The number of carbonyl (C=O) groups excluding carboxylic acids is 1. The van der Waals surface area contributed by atoms with E-state index >= 15 is 0 Å². The number of fused-ring (bicyclic) bond motifs is 1. The standard InChI is InChI=1S/C9H11N3O/c10-6-3-4-7-8(12-9(6)13)2-1-5-11-7/h1-2,5-6H,3-4,10H2,(H,12,13)/t6-/m0/s1. The van der Waals surface area contributed by atoms with Crippen LogP contribution in [0.1, 0.15) is 12.1 Å². The zero-order valence-electron chi connectivity index (χ0n) is 7.16. The van der Waals surface area contributed by atoms with Crippen molar-refractivity contribution >= 4 is 11.6 Å². The van der Waals surface area contributed by atoms with E-state index < -0.39 is 6.04 Å². The maximum atomic E-state index is 11.3. The third-order valence-corrected chi connectivity index (χ3v) is 2.18. The summed E-state index contributed by atoms with van der Waals surface area (Å²) in [5, 5.41) is 2.75. The monoisotopic (exact) mass is 177 g/mol. The number of nitrogens with two attached hydrogens (primary N) is 1. The third-order valence-electron chi connectivity index (χ3n) is 2.18. The van der Waals surface area contributed by atoms with Crippen LogP contribution in [0.2, 0.25) is 0 Å². The van der Waals surface area contributed by atoms with E-state index in [1.54, 1.807) is 12.3 Å². The third kappa shape index (κ3) is 1.53. The molecule has 0 radical (unpaired) electrons. The Kier molecular flexibility index (Phi) is 1.98. The van der Waals surface area contributed by atoms with Gasteiger partial charge in [0.2, 0.25) is 5.91 Å². The highest BCUT2D eigenvalue weighted by atomic mass is 16.2. The molecule has 1 amide bonds. The van der Waals surface area contributed by atoms with Gasteiger partial charge in [-0.05, 0) is 25.0 Å². The topological polar surface area (TPSA) is 68.0 Å². The number of aromatic nitrogens is 1. The molecule has 1 aromatic rings. The minimum Gasteiger partial charge on any atom is -0.323 e. The Morgan fingerprint density at radius 1 is 1.62 bits per heavy atom. The molecule has 13 heavy (non-hydrogen) atoms. The molecular weight excluding hydrogens is 166 g/mol. The highest BCUT2D eigenvalue weighted by molar-refractivity contribution is 5.95. The highest BCUT2D eigenvalue weighted by Gasteiger charge is 2.19. The number of anilines is 1. The number of carbonyl (C=O) groups is 1. The first kappa shape index (κ1) is 8.19. The molecule has 2 heterocycles. The second kappa shape index (κ2) is 3.14. The molecule has 1 atom stereocenters. The fourth-order valence-corrected chi connectivity index (χ4v) is 1.40. The van der Waals surface area contributed by atoms with Crippen LogP contribution in [0.15, 0.2) is 18.3 Å². The number of hydrogen-bond acceptors (Lipinski definition) is 3. The van der Waals surface area contributed by atoms with Gasteiger partial charge in [-0.1, -0.05) is 0 Å². The molecule has 4 nitrogen and oxygen atoms in total. The van der Waals surface area contributed by atoms with Gasteiger partial charge in [-0.2, -0.15) is 0 Å². The molecule has 1 aliphatic heterocycles. The van der Waals surface area contributed by atoms with Crippen molar-refractivity contribution in [3.8, 4) is 0 Å². The van der Waals surface area contributed by atoms with Crippen molar-refractivity contribution in [3.05, 3.63) is 24.0 Å². The maximum Gasteiger partial charge on any atom is 0.241 e. The first-order valence-electron chi connectivity index (χ1n) is 4.28. The quantitative estimate of drug-likeness (QED) is 0.598. The normalized spacial score (nSPS) is 21.6. The molecule has 0 aromatic carbocycles. The van der Waals surface area contributed by atoms with E-state index in [2.05, 4.69) is 10.3 Å². The molecule has 0 aliphatic carbocycles. The van der Waals surface area contributed by atoms with E-state index in [1.807, 2.05) is 6.07 Å². The number of amides is 1. The molecule has 0 spiro atoms. The summed E-state index contributed by atoms with van der Waals surface area (Å²) >= 11 is 0. The Labute approximate surface area is 76.2 Å². The van der Waals surface area contributed by atoms with E-state index in [1.165, 1.54) is 0 Å². The van der Waals surface area contributed by atoms with Gasteiger partial charge in [0.1, 0.15) is 0 Å². The van der Waals surface area contributed by atoms with Crippen molar-refractivity contribution < 1.29 is 4.79 Å². The van der Waals surface area contributed by atoms with Gasteiger partial charge in [0, 0.05) is 6.20 Å². The van der Waals surface area contributed by atoms with Crippen LogP contribution in [0.5, 0.6) is 0 Å². The zero-order valence-corrected chi connectivity index (χ0v) is 7.16. The van der Waals surface area contributed by atoms with E-state index in [4.69, 9.17) is 5.73 Å². The van der Waals surface area contributed by atoms with Gasteiger partial charge >= 0.3 is 0 Å². The highest BCUT2D eigenvalue weighted by Crippen LogP contribution is 2.18. The summed E-state index contributed by atoms with van der Waals surface area (Å²) in [6.07, 6.45) is 3.15. The summed E-state index contributed by atoms with van der Waals surface area (Å²) in [6.45, 7) is 0. The Morgan fingerprint density at radius 2 is 2.46 bits per heavy atom. The predicted molar refractivity (Wildman–Crippen MR) is 49.2 cm³/mol. The van der Waals surface area contributed by atoms with Gasteiger partial charge in [-0.25, -0.2) is 0 Å². The van der Waals surface area contributed by atoms with Crippen LogP contribution < -0.4 is 11.1 Å². The van der Waals surface area contributed by atoms with Crippen molar-refractivity contribution in [2.75, 3.05) is 5.32 Å². The summed E-state index contributed by atoms with van der Waals surface area (Å²) in [6, 6.07) is 3.24.